The van der Waals surface area contributed by atoms with Gasteiger partial charge in [-0.2, -0.15) is 0 Å². The minimum absolute atomic E-state index is 0.239. The molecule has 64 heavy (non-hydrogen) atoms. The standard InChI is InChI=1S/C50H95NO13/c1-3-5-7-9-11-13-15-17-18-19-20-21-22-23-25-27-29-31-33-39(54)38(51-42(55)34-32-30-28-26-24-16-14-12-10-8-6-4-2)37-61-49-47(60)45(58)48(41(36-53)63-49)64-50-46(59)44(57)43(56)40(35-52)62-50/h31,33,38-41,43-50,52-54,56-60H,3-30,32,34-37H2,1-2H3,(H,51,55)/b33-31+. The van der Waals surface area contributed by atoms with E-state index in [0.29, 0.717) is 6.42 Å². The van der Waals surface area contributed by atoms with Crippen molar-refractivity contribution >= 4 is 5.91 Å². The quantitative estimate of drug-likeness (QED) is 0.0229. The number of aliphatic hydroxyl groups is 8. The average molecular weight is 918 g/mol. The molecule has 2 aliphatic heterocycles. The third kappa shape index (κ3) is 24.7. The van der Waals surface area contributed by atoms with Crippen molar-refractivity contribution in [3.05, 3.63) is 12.2 Å². The zero-order valence-electron chi connectivity index (χ0n) is 40.0. The highest BCUT2D eigenvalue weighted by atomic mass is 16.7. The fourth-order valence-electron chi connectivity index (χ4n) is 8.70. The molecule has 0 aromatic rings. The van der Waals surface area contributed by atoms with Crippen LogP contribution < -0.4 is 5.32 Å². The van der Waals surface area contributed by atoms with Gasteiger partial charge in [0, 0.05) is 6.42 Å². The summed E-state index contributed by atoms with van der Waals surface area (Å²) in [7, 11) is 0. The summed E-state index contributed by atoms with van der Waals surface area (Å²) in [5, 5.41) is 86.7. The van der Waals surface area contributed by atoms with E-state index in [2.05, 4.69) is 19.2 Å². The van der Waals surface area contributed by atoms with Gasteiger partial charge in [0.1, 0.15) is 48.8 Å². The Kier molecular flexibility index (Phi) is 34.7. The van der Waals surface area contributed by atoms with E-state index in [1.54, 1.807) is 6.08 Å². The number of hydrogen-bond acceptors (Lipinski definition) is 13. The number of hydrogen-bond donors (Lipinski definition) is 9. The van der Waals surface area contributed by atoms with Crippen LogP contribution in [0.3, 0.4) is 0 Å². The molecule has 0 saturated carbocycles. The molecule has 0 aromatic carbocycles. The molecule has 2 aliphatic rings. The summed E-state index contributed by atoms with van der Waals surface area (Å²) in [6, 6.07) is -0.907. The first-order valence-electron chi connectivity index (χ1n) is 25.9. The van der Waals surface area contributed by atoms with Gasteiger partial charge in [0.25, 0.3) is 0 Å². The molecule has 2 saturated heterocycles. The molecule has 9 N–H and O–H groups in total. The van der Waals surface area contributed by atoms with Crippen molar-refractivity contribution in [2.45, 2.75) is 280 Å². The fourth-order valence-corrected chi connectivity index (χ4v) is 8.70. The molecule has 378 valence electrons. The van der Waals surface area contributed by atoms with Crippen LogP contribution in [0.25, 0.3) is 0 Å². The molecule has 0 aromatic heterocycles. The predicted molar refractivity (Wildman–Crippen MR) is 249 cm³/mol. The van der Waals surface area contributed by atoms with E-state index in [1.807, 2.05) is 6.08 Å². The van der Waals surface area contributed by atoms with Crippen molar-refractivity contribution in [3.8, 4) is 0 Å². The van der Waals surface area contributed by atoms with Gasteiger partial charge in [0.2, 0.25) is 5.91 Å². The maximum absolute atomic E-state index is 13.1. The molecule has 0 radical (unpaired) electrons. The maximum atomic E-state index is 13.1. The lowest BCUT2D eigenvalue weighted by Crippen LogP contribution is -2.65. The Balaban J connectivity index is 1.84. The molecular formula is C50H95NO13. The van der Waals surface area contributed by atoms with Crippen LogP contribution >= 0.6 is 0 Å². The van der Waals surface area contributed by atoms with Crippen molar-refractivity contribution in [1.82, 2.24) is 5.32 Å². The first-order chi connectivity index (χ1) is 31.1. The second-order valence-electron chi connectivity index (χ2n) is 18.7. The van der Waals surface area contributed by atoms with E-state index in [1.165, 1.54) is 141 Å². The topological polar surface area (TPSA) is 228 Å². The first kappa shape index (κ1) is 58.9. The van der Waals surface area contributed by atoms with Gasteiger partial charge in [-0.3, -0.25) is 4.79 Å². The lowest BCUT2D eigenvalue weighted by Gasteiger charge is -2.46. The van der Waals surface area contributed by atoms with E-state index in [0.717, 1.165) is 38.5 Å². The Hall–Kier alpha value is -1.27. The minimum Gasteiger partial charge on any atom is -0.394 e. The third-order valence-electron chi connectivity index (χ3n) is 13.0. The van der Waals surface area contributed by atoms with Gasteiger partial charge in [0.15, 0.2) is 12.6 Å². The largest absolute Gasteiger partial charge is 0.394 e. The average Bonchev–Trinajstić information content (AvgIpc) is 3.29. The number of carbonyl (C=O) groups is 1. The van der Waals surface area contributed by atoms with E-state index < -0.39 is 86.8 Å². The van der Waals surface area contributed by atoms with Crippen molar-refractivity contribution < 1.29 is 64.6 Å². The van der Waals surface area contributed by atoms with E-state index in [4.69, 9.17) is 18.9 Å². The first-order valence-corrected chi connectivity index (χ1v) is 25.9. The Labute approximate surface area is 386 Å². The van der Waals surface area contributed by atoms with Crippen LogP contribution in [-0.2, 0) is 23.7 Å². The summed E-state index contributed by atoms with van der Waals surface area (Å²) in [6.45, 7) is 2.79. The second kappa shape index (κ2) is 37.7. The molecule has 12 atom stereocenters. The monoisotopic (exact) mass is 918 g/mol. The number of rotatable bonds is 40. The van der Waals surface area contributed by atoms with Crippen LogP contribution in [0.1, 0.15) is 206 Å². The molecule has 12 unspecified atom stereocenters. The summed E-state index contributed by atoms with van der Waals surface area (Å²) in [4.78, 5) is 13.1. The summed E-state index contributed by atoms with van der Waals surface area (Å²) in [6.07, 6.45) is 22.5. The number of unbranched alkanes of at least 4 members (excludes halogenated alkanes) is 27. The summed E-state index contributed by atoms with van der Waals surface area (Å²) >= 11 is 0. The summed E-state index contributed by atoms with van der Waals surface area (Å²) in [5.74, 6) is -0.239. The number of amides is 1. The van der Waals surface area contributed by atoms with Gasteiger partial charge in [-0.15, -0.1) is 0 Å². The van der Waals surface area contributed by atoms with Crippen LogP contribution in [0.2, 0.25) is 0 Å². The SMILES string of the molecule is CCCCCCCCCCCCCCCCCC/C=C/C(O)C(COC1OC(CO)C(OC2OC(CO)C(O)C(O)C2O)C(O)C1O)NC(=O)CCCCCCCCCCCCCC. The molecule has 14 nitrogen and oxygen atoms in total. The lowest BCUT2D eigenvalue weighted by atomic mass is 9.97. The molecule has 1 amide bonds. The van der Waals surface area contributed by atoms with Gasteiger partial charge < -0.3 is 65.1 Å². The summed E-state index contributed by atoms with van der Waals surface area (Å²) < 4.78 is 22.7. The van der Waals surface area contributed by atoms with Crippen LogP contribution in [-0.4, -0.2) is 140 Å². The molecule has 14 heteroatoms. The van der Waals surface area contributed by atoms with E-state index in [-0.39, 0.29) is 18.9 Å². The van der Waals surface area contributed by atoms with Gasteiger partial charge in [-0.25, -0.2) is 0 Å². The van der Waals surface area contributed by atoms with Crippen molar-refractivity contribution in [1.29, 1.82) is 0 Å². The van der Waals surface area contributed by atoms with Crippen LogP contribution in [0.15, 0.2) is 12.2 Å². The molecule has 0 aliphatic carbocycles. The molecule has 2 fully saturated rings. The smallest absolute Gasteiger partial charge is 0.220 e. The van der Waals surface area contributed by atoms with Crippen molar-refractivity contribution in [3.63, 3.8) is 0 Å². The predicted octanol–water partition coefficient (Wildman–Crippen LogP) is 6.77. The zero-order chi connectivity index (χ0) is 46.8. The highest BCUT2D eigenvalue weighted by Gasteiger charge is 2.51. The normalized spacial score (nSPS) is 27.3. The molecule has 2 heterocycles. The fraction of sp³-hybridized carbons (Fsp3) is 0.940. The van der Waals surface area contributed by atoms with E-state index in [9.17, 15) is 45.6 Å². The minimum atomic E-state index is -1.78. The third-order valence-corrected chi connectivity index (χ3v) is 13.0. The Morgan fingerprint density at radius 1 is 0.547 bits per heavy atom. The van der Waals surface area contributed by atoms with Crippen LogP contribution in [0.5, 0.6) is 0 Å². The Morgan fingerprint density at radius 2 is 0.969 bits per heavy atom. The number of carbonyl (C=O) groups excluding carboxylic acids is 1. The Bertz CT molecular complexity index is 1130. The lowest BCUT2D eigenvalue weighted by molar-refractivity contribution is -0.359. The number of ether oxygens (including phenoxy) is 4. The maximum Gasteiger partial charge on any atom is 0.220 e. The molecule has 0 spiro atoms. The van der Waals surface area contributed by atoms with E-state index >= 15 is 0 Å². The molecular weight excluding hydrogens is 823 g/mol. The van der Waals surface area contributed by atoms with Crippen molar-refractivity contribution in [2.75, 3.05) is 19.8 Å². The van der Waals surface area contributed by atoms with Gasteiger partial charge in [-0.05, 0) is 19.3 Å². The Morgan fingerprint density at radius 3 is 1.44 bits per heavy atom. The zero-order valence-corrected chi connectivity index (χ0v) is 40.0. The number of allylic oxidation sites excluding steroid dienone is 1. The van der Waals surface area contributed by atoms with Crippen molar-refractivity contribution in [2.24, 2.45) is 0 Å². The molecule has 2 rings (SSSR count). The van der Waals surface area contributed by atoms with Crippen LogP contribution in [0, 0.1) is 0 Å². The van der Waals surface area contributed by atoms with Gasteiger partial charge >= 0.3 is 0 Å². The highest BCUT2D eigenvalue weighted by Crippen LogP contribution is 2.30. The number of aliphatic hydroxyl groups excluding tert-OH is 8. The second-order valence-corrected chi connectivity index (χ2v) is 18.7. The molecule has 0 bridgehead atoms. The highest BCUT2D eigenvalue weighted by molar-refractivity contribution is 5.76. The van der Waals surface area contributed by atoms with Crippen LogP contribution in [0.4, 0.5) is 0 Å². The van der Waals surface area contributed by atoms with Gasteiger partial charge in [0.05, 0.1) is 32.0 Å². The number of nitrogens with one attached hydrogen (secondary N) is 1. The van der Waals surface area contributed by atoms with Gasteiger partial charge in [-0.1, -0.05) is 193 Å². The summed E-state index contributed by atoms with van der Waals surface area (Å²) in [5.41, 5.74) is 0.